The summed E-state index contributed by atoms with van der Waals surface area (Å²) in [5.74, 6) is 0. The summed E-state index contributed by atoms with van der Waals surface area (Å²) in [5, 5.41) is 0. The Morgan fingerprint density at radius 2 is 0.944 bits per heavy atom. The van der Waals surface area contributed by atoms with Gasteiger partial charge in [-0.05, 0) is 18.3 Å². The molecule has 1 aliphatic rings. The molecule has 0 heterocycles. The van der Waals surface area contributed by atoms with Gasteiger partial charge in [0, 0.05) is 0 Å². The molecule has 0 aromatic rings. The van der Waals surface area contributed by atoms with Crippen LogP contribution in [0.2, 0.25) is 0 Å². The quantitative estimate of drug-likeness (QED) is 0.474. The van der Waals surface area contributed by atoms with Crippen LogP contribution < -0.4 is 0 Å². The summed E-state index contributed by atoms with van der Waals surface area (Å²) >= 11 is 0. The average molecular weight is 261 g/mol. The van der Waals surface area contributed by atoms with Gasteiger partial charge in [0.05, 0.1) is 0 Å². The molecule has 0 heteroatoms. The van der Waals surface area contributed by atoms with E-state index in [0.717, 1.165) is 5.41 Å². The van der Waals surface area contributed by atoms with Crippen LogP contribution in [-0.2, 0) is 0 Å². The highest BCUT2D eigenvalue weighted by Crippen LogP contribution is 2.41. The van der Waals surface area contributed by atoms with Crippen LogP contribution in [0, 0.1) is 5.41 Å². The lowest BCUT2D eigenvalue weighted by molar-refractivity contribution is 0.173. The maximum atomic E-state index is 2.36. The molecule has 0 N–H and O–H groups in total. The first-order chi connectivity index (χ1) is 8.24. The Morgan fingerprint density at radius 3 is 1.11 bits per heavy atom. The molecule has 0 aromatic carbocycles. The molecule has 0 amide bonds. The van der Waals surface area contributed by atoms with Crippen LogP contribution in [0.3, 0.4) is 0 Å². The van der Waals surface area contributed by atoms with Crippen LogP contribution in [-0.4, -0.2) is 0 Å². The van der Waals surface area contributed by atoms with Crippen molar-refractivity contribution in [2.45, 2.75) is 114 Å². The Hall–Kier alpha value is 0. The first-order valence-electron chi connectivity index (χ1n) is 8.24. The molecule has 0 nitrogen and oxygen atoms in total. The van der Waals surface area contributed by atoms with E-state index in [1.807, 2.05) is 27.7 Å². The molecule has 1 aliphatic carbocycles. The predicted molar refractivity (Wildman–Crippen MR) is 91.5 cm³/mol. The van der Waals surface area contributed by atoms with E-state index >= 15 is 0 Å². The van der Waals surface area contributed by atoms with E-state index < -0.39 is 0 Å². The first-order valence-corrected chi connectivity index (χ1v) is 8.24. The molecule has 0 unspecified atom stereocenters. The predicted octanol–water partition coefficient (Wildman–Crippen LogP) is 7.86. The molecule has 1 rings (SSSR count). The fourth-order valence-corrected chi connectivity index (χ4v) is 2.26. The van der Waals surface area contributed by atoms with Gasteiger partial charge in [-0.25, -0.2) is 0 Å². The molecule has 116 valence electrons. The summed E-state index contributed by atoms with van der Waals surface area (Å²) in [7, 11) is 0. The second-order valence-corrected chi connectivity index (χ2v) is 4.47. The van der Waals surface area contributed by atoms with Gasteiger partial charge >= 0.3 is 0 Å². The van der Waals surface area contributed by atoms with Crippen LogP contribution in [0.25, 0.3) is 0 Å². The lowest BCUT2D eigenvalue weighted by atomic mass is 9.71. The van der Waals surface area contributed by atoms with Crippen molar-refractivity contribution in [3.63, 3.8) is 0 Å². The zero-order valence-electron chi connectivity index (χ0n) is 14.2. The SMILES string of the molecule is C.CC.CC.CCC.CCC1(CC)CCCCC1. The van der Waals surface area contributed by atoms with Crippen LogP contribution in [0.5, 0.6) is 0 Å². The largest absolute Gasteiger partial charge is 0.0776 e. The van der Waals surface area contributed by atoms with Crippen molar-refractivity contribution in [1.29, 1.82) is 0 Å². The van der Waals surface area contributed by atoms with E-state index in [2.05, 4.69) is 27.7 Å². The Morgan fingerprint density at radius 1 is 0.667 bits per heavy atom. The van der Waals surface area contributed by atoms with Crippen LogP contribution in [0.4, 0.5) is 0 Å². The van der Waals surface area contributed by atoms with Gasteiger partial charge in [0.15, 0.2) is 0 Å². The fourth-order valence-electron chi connectivity index (χ4n) is 2.26. The number of rotatable bonds is 2. The molecule has 0 saturated heterocycles. The van der Waals surface area contributed by atoms with Gasteiger partial charge < -0.3 is 0 Å². The van der Waals surface area contributed by atoms with Crippen LogP contribution in [0.1, 0.15) is 114 Å². The lowest BCUT2D eigenvalue weighted by Crippen LogP contribution is -2.21. The third-order valence-electron chi connectivity index (χ3n) is 3.41. The third kappa shape index (κ3) is 14.1. The van der Waals surface area contributed by atoms with Gasteiger partial charge in [-0.1, -0.05) is 101 Å². The van der Waals surface area contributed by atoms with Gasteiger partial charge in [-0.3, -0.25) is 0 Å². The molecule has 0 radical (unpaired) electrons. The highest BCUT2D eigenvalue weighted by molar-refractivity contribution is 4.79. The van der Waals surface area contributed by atoms with Gasteiger partial charge in [-0.2, -0.15) is 0 Å². The maximum Gasteiger partial charge on any atom is -0.0303 e. The smallest absolute Gasteiger partial charge is 0.0303 e. The van der Waals surface area contributed by atoms with Crippen LogP contribution in [0.15, 0.2) is 0 Å². The Bertz CT molecular complexity index is 92.6. The molecule has 18 heavy (non-hydrogen) atoms. The van der Waals surface area contributed by atoms with Crippen molar-refractivity contribution in [1.82, 2.24) is 0 Å². The van der Waals surface area contributed by atoms with Crippen molar-refractivity contribution < 1.29 is 0 Å². The van der Waals surface area contributed by atoms with Crippen LogP contribution >= 0.6 is 0 Å². The molecule has 0 aliphatic heterocycles. The molecule has 0 bridgehead atoms. The lowest BCUT2D eigenvalue weighted by Gasteiger charge is -2.35. The molecular formula is C18H44. The molecule has 1 saturated carbocycles. The average Bonchev–Trinajstić information content (AvgIpc) is 2.45. The van der Waals surface area contributed by atoms with Gasteiger partial charge in [0.2, 0.25) is 0 Å². The molecule has 0 spiro atoms. The van der Waals surface area contributed by atoms with E-state index in [-0.39, 0.29) is 7.43 Å². The van der Waals surface area contributed by atoms with E-state index in [4.69, 9.17) is 0 Å². The highest BCUT2D eigenvalue weighted by atomic mass is 14.3. The topological polar surface area (TPSA) is 0 Å². The first kappa shape index (κ1) is 26.5. The molecule has 0 aromatic heterocycles. The van der Waals surface area contributed by atoms with Gasteiger partial charge in [-0.15, -0.1) is 0 Å². The van der Waals surface area contributed by atoms with Crippen molar-refractivity contribution in [2.24, 2.45) is 5.41 Å². The second kappa shape index (κ2) is 22.2. The zero-order valence-corrected chi connectivity index (χ0v) is 14.2. The van der Waals surface area contributed by atoms with Gasteiger partial charge in [0.1, 0.15) is 0 Å². The molecule has 1 fully saturated rings. The Kier molecular flexibility index (Phi) is 32.7. The Balaban J connectivity index is -0.000000106. The van der Waals surface area contributed by atoms with Crippen molar-refractivity contribution >= 4 is 0 Å². The van der Waals surface area contributed by atoms with E-state index in [9.17, 15) is 0 Å². The minimum Gasteiger partial charge on any atom is -0.0776 e. The monoisotopic (exact) mass is 260 g/mol. The summed E-state index contributed by atoms with van der Waals surface area (Å²) in [4.78, 5) is 0. The highest BCUT2D eigenvalue weighted by Gasteiger charge is 2.27. The number of hydrogen-bond donors (Lipinski definition) is 0. The summed E-state index contributed by atoms with van der Waals surface area (Å²) in [6, 6.07) is 0. The van der Waals surface area contributed by atoms with Crippen molar-refractivity contribution in [3.8, 4) is 0 Å². The summed E-state index contributed by atoms with van der Waals surface area (Å²) in [6.07, 6.45) is 11.5. The fraction of sp³-hybridized carbons (Fsp3) is 1.00. The normalized spacial score (nSPS) is 15.3. The summed E-state index contributed by atoms with van der Waals surface area (Å²) < 4.78 is 0. The number of hydrogen-bond acceptors (Lipinski definition) is 0. The minimum atomic E-state index is 0. The minimum absolute atomic E-state index is 0. The van der Waals surface area contributed by atoms with E-state index in [0.29, 0.717) is 0 Å². The zero-order chi connectivity index (χ0) is 14.2. The maximum absolute atomic E-state index is 2.36. The van der Waals surface area contributed by atoms with Gasteiger partial charge in [0.25, 0.3) is 0 Å². The standard InChI is InChI=1S/C10H20.C3H8.2C2H6.CH4/c1-3-10(4-2)8-6-5-7-9-10;1-3-2;2*1-2;/h3-9H2,1-2H3;3H2,1-2H3;2*1-2H3;1H4. The van der Waals surface area contributed by atoms with Crippen molar-refractivity contribution in [2.75, 3.05) is 0 Å². The van der Waals surface area contributed by atoms with E-state index in [1.165, 1.54) is 51.4 Å². The Labute approximate surface area is 120 Å². The van der Waals surface area contributed by atoms with Crippen molar-refractivity contribution in [3.05, 3.63) is 0 Å². The third-order valence-corrected chi connectivity index (χ3v) is 3.41. The van der Waals surface area contributed by atoms with E-state index in [1.54, 1.807) is 0 Å². The summed E-state index contributed by atoms with van der Waals surface area (Å²) in [6.45, 7) is 17.0. The summed E-state index contributed by atoms with van der Waals surface area (Å²) in [5.41, 5.74) is 0.762. The molecular weight excluding hydrogens is 216 g/mol. The molecule has 0 atom stereocenters. The second-order valence-electron chi connectivity index (χ2n) is 4.47.